The predicted molar refractivity (Wildman–Crippen MR) is 115 cm³/mol. The fraction of sp³-hybridized carbons (Fsp3) is 0.304. The van der Waals surface area contributed by atoms with Crippen LogP contribution in [0.15, 0.2) is 53.2 Å². The molecule has 0 spiro atoms. The van der Waals surface area contributed by atoms with Crippen LogP contribution >= 0.6 is 0 Å². The number of nitrogens with zero attached hydrogens (tertiary/aromatic N) is 2. The number of halogens is 3. The van der Waals surface area contributed by atoms with Crippen molar-refractivity contribution in [2.75, 3.05) is 25.1 Å². The van der Waals surface area contributed by atoms with Crippen molar-refractivity contribution < 1.29 is 27.8 Å². The highest BCUT2D eigenvalue weighted by molar-refractivity contribution is 6.13. The Kier molecular flexibility index (Phi) is 5.58. The summed E-state index contributed by atoms with van der Waals surface area (Å²) in [6, 6.07) is 10.2. The summed E-state index contributed by atoms with van der Waals surface area (Å²) >= 11 is 0. The Balaban J connectivity index is 1.86. The van der Waals surface area contributed by atoms with Gasteiger partial charge in [-0.05, 0) is 42.3 Å². The Morgan fingerprint density at radius 3 is 2.53 bits per heavy atom. The third kappa shape index (κ3) is 4.02. The first-order chi connectivity index (χ1) is 15.2. The van der Waals surface area contributed by atoms with Crippen LogP contribution in [0.4, 0.5) is 18.9 Å². The molecule has 1 atom stereocenters. The zero-order valence-corrected chi connectivity index (χ0v) is 17.5. The third-order valence-corrected chi connectivity index (χ3v) is 5.55. The van der Waals surface area contributed by atoms with Crippen molar-refractivity contribution in [2.24, 2.45) is 4.99 Å². The van der Waals surface area contributed by atoms with E-state index < -0.39 is 23.4 Å². The van der Waals surface area contributed by atoms with E-state index in [2.05, 4.69) is 10.3 Å². The summed E-state index contributed by atoms with van der Waals surface area (Å²) in [6.07, 6.45) is -4.88. The van der Waals surface area contributed by atoms with E-state index in [0.29, 0.717) is 23.7 Å². The summed E-state index contributed by atoms with van der Waals surface area (Å²) < 4.78 is 46.8. The van der Waals surface area contributed by atoms with E-state index in [1.807, 2.05) is 6.92 Å². The predicted octanol–water partition coefficient (Wildman–Crippen LogP) is 3.96. The zero-order chi connectivity index (χ0) is 23.0. The van der Waals surface area contributed by atoms with Gasteiger partial charge in [-0.15, -0.1) is 0 Å². The van der Waals surface area contributed by atoms with Crippen molar-refractivity contribution >= 4 is 23.0 Å². The number of nitrogens with one attached hydrogen (secondary N) is 1. The lowest BCUT2D eigenvalue weighted by atomic mass is 9.93. The largest absolute Gasteiger partial charge is 0.503 e. The van der Waals surface area contributed by atoms with E-state index in [4.69, 9.17) is 4.74 Å². The van der Waals surface area contributed by atoms with Crippen molar-refractivity contribution in [2.45, 2.75) is 25.6 Å². The molecule has 2 aromatic carbocycles. The maximum absolute atomic E-state index is 13.9. The Bertz CT molecular complexity index is 1110. The number of amides is 1. The molecule has 9 heteroatoms. The summed E-state index contributed by atoms with van der Waals surface area (Å²) in [4.78, 5) is 18.7. The standard InChI is InChI=1S/C23H22F3N3O3/c1-13-11-27-20(28-13)12-29-19-5-3-4-18(23(24,25)26)17(19)10-16(21(30)22(29)31)14-6-8-15(32-2)9-7-14/h3-9,13,30H,10-12H2,1-2H3,(H,27,28). The van der Waals surface area contributed by atoms with E-state index in [1.165, 1.54) is 19.2 Å². The lowest BCUT2D eigenvalue weighted by Crippen LogP contribution is -2.41. The number of carbonyl (C=O) groups excluding carboxylic acids is 1. The van der Waals surface area contributed by atoms with Gasteiger partial charge in [-0.25, -0.2) is 0 Å². The van der Waals surface area contributed by atoms with Gasteiger partial charge in [0.1, 0.15) is 11.6 Å². The lowest BCUT2D eigenvalue weighted by molar-refractivity contribution is -0.138. The average Bonchev–Trinajstić information content (AvgIpc) is 3.15. The second-order valence-electron chi connectivity index (χ2n) is 7.76. The molecule has 2 heterocycles. The number of benzene rings is 2. The highest BCUT2D eigenvalue weighted by atomic mass is 19.4. The number of alkyl halides is 3. The van der Waals surface area contributed by atoms with Gasteiger partial charge in [0.15, 0.2) is 5.76 Å². The van der Waals surface area contributed by atoms with Crippen LogP contribution in [0.2, 0.25) is 0 Å². The molecule has 32 heavy (non-hydrogen) atoms. The quantitative estimate of drug-likeness (QED) is 0.747. The first-order valence-corrected chi connectivity index (χ1v) is 10.1. The minimum atomic E-state index is -4.62. The van der Waals surface area contributed by atoms with Gasteiger partial charge in [0.25, 0.3) is 5.91 Å². The second kappa shape index (κ2) is 8.22. The van der Waals surface area contributed by atoms with Crippen molar-refractivity contribution in [1.82, 2.24) is 5.32 Å². The number of hydrogen-bond acceptors (Lipinski definition) is 5. The van der Waals surface area contributed by atoms with E-state index in [0.717, 1.165) is 11.0 Å². The van der Waals surface area contributed by atoms with Crippen molar-refractivity contribution in [3.8, 4) is 5.75 Å². The van der Waals surface area contributed by atoms with Gasteiger partial charge in [0.05, 0.1) is 25.8 Å². The van der Waals surface area contributed by atoms with Gasteiger partial charge in [-0.2, -0.15) is 13.2 Å². The van der Waals surface area contributed by atoms with Crippen molar-refractivity contribution in [1.29, 1.82) is 0 Å². The Morgan fingerprint density at radius 1 is 1.22 bits per heavy atom. The van der Waals surface area contributed by atoms with Crippen LogP contribution in [-0.4, -0.2) is 43.1 Å². The number of aliphatic hydroxyl groups excluding tert-OH is 1. The maximum Gasteiger partial charge on any atom is 0.416 e. The molecule has 2 aliphatic heterocycles. The van der Waals surface area contributed by atoms with E-state index >= 15 is 0 Å². The molecule has 1 unspecified atom stereocenters. The third-order valence-electron chi connectivity index (χ3n) is 5.55. The van der Waals surface area contributed by atoms with E-state index in [9.17, 15) is 23.1 Å². The summed E-state index contributed by atoms with van der Waals surface area (Å²) in [5.41, 5.74) is -0.263. The number of aliphatic imine (C=N–C) groups is 1. The van der Waals surface area contributed by atoms with Gasteiger partial charge in [0.2, 0.25) is 0 Å². The summed E-state index contributed by atoms with van der Waals surface area (Å²) in [5, 5.41) is 14.0. The topological polar surface area (TPSA) is 74.2 Å². The van der Waals surface area contributed by atoms with Crippen molar-refractivity contribution in [3.63, 3.8) is 0 Å². The van der Waals surface area contributed by atoms with E-state index in [1.54, 1.807) is 24.3 Å². The second-order valence-corrected chi connectivity index (χ2v) is 7.76. The fourth-order valence-electron chi connectivity index (χ4n) is 3.96. The molecule has 4 rings (SSSR count). The number of carbonyl (C=O) groups is 1. The number of hydrogen-bond donors (Lipinski definition) is 2. The smallest absolute Gasteiger partial charge is 0.416 e. The number of rotatable bonds is 4. The molecular formula is C23H22F3N3O3. The van der Waals surface area contributed by atoms with Crippen LogP contribution in [-0.2, 0) is 17.4 Å². The molecule has 1 amide bonds. The molecule has 2 aliphatic rings. The fourth-order valence-corrected chi connectivity index (χ4v) is 3.96. The molecule has 0 saturated carbocycles. The zero-order valence-electron chi connectivity index (χ0n) is 17.5. The van der Waals surface area contributed by atoms with E-state index in [-0.39, 0.29) is 35.8 Å². The van der Waals surface area contributed by atoms with Crippen LogP contribution in [0.3, 0.4) is 0 Å². The van der Waals surface area contributed by atoms with Gasteiger partial charge in [-0.3, -0.25) is 14.7 Å². The normalized spacial score (nSPS) is 18.8. The van der Waals surface area contributed by atoms with Crippen LogP contribution in [0, 0.1) is 0 Å². The summed E-state index contributed by atoms with van der Waals surface area (Å²) in [7, 11) is 1.49. The number of fused-ring (bicyclic) bond motifs is 1. The van der Waals surface area contributed by atoms with Gasteiger partial charge in [0, 0.05) is 23.7 Å². The molecule has 0 saturated heterocycles. The highest BCUT2D eigenvalue weighted by Gasteiger charge is 2.39. The Labute approximate surface area is 183 Å². The minimum Gasteiger partial charge on any atom is -0.503 e. The summed E-state index contributed by atoms with van der Waals surface area (Å²) in [6.45, 7) is 2.35. The minimum absolute atomic E-state index is 0.0621. The number of ether oxygens (including phenoxy) is 1. The molecule has 2 N–H and O–H groups in total. The summed E-state index contributed by atoms with van der Waals surface area (Å²) in [5.74, 6) is -0.342. The van der Waals surface area contributed by atoms with Crippen LogP contribution in [0.1, 0.15) is 23.6 Å². The molecule has 0 fully saturated rings. The van der Waals surface area contributed by atoms with Gasteiger partial charge in [-0.1, -0.05) is 18.2 Å². The molecule has 168 valence electrons. The number of methoxy groups -OCH3 is 1. The van der Waals surface area contributed by atoms with Crippen LogP contribution in [0.5, 0.6) is 5.75 Å². The molecule has 0 bridgehead atoms. The number of amidine groups is 1. The highest BCUT2D eigenvalue weighted by Crippen LogP contribution is 2.41. The molecule has 0 aliphatic carbocycles. The number of anilines is 1. The van der Waals surface area contributed by atoms with Crippen LogP contribution in [0.25, 0.3) is 5.57 Å². The molecule has 6 nitrogen and oxygen atoms in total. The molecule has 2 aromatic rings. The Hall–Kier alpha value is -3.49. The monoisotopic (exact) mass is 445 g/mol. The molecular weight excluding hydrogens is 423 g/mol. The molecule has 0 aromatic heterocycles. The Morgan fingerprint density at radius 2 is 1.94 bits per heavy atom. The first kappa shape index (κ1) is 21.7. The lowest BCUT2D eigenvalue weighted by Gasteiger charge is -2.25. The average molecular weight is 445 g/mol. The van der Waals surface area contributed by atoms with Gasteiger partial charge < -0.3 is 15.2 Å². The number of aliphatic hydroxyl groups is 1. The number of allylic oxidation sites excluding steroid dienone is 1. The molecule has 0 radical (unpaired) electrons. The first-order valence-electron chi connectivity index (χ1n) is 10.1. The van der Waals surface area contributed by atoms with Crippen LogP contribution < -0.4 is 15.0 Å². The van der Waals surface area contributed by atoms with Crippen molar-refractivity contribution in [3.05, 3.63) is 64.9 Å². The SMILES string of the molecule is COc1ccc(C2=C(O)C(=O)N(CC3=NCC(C)N3)c3cccc(C(F)(F)F)c3C2)cc1. The van der Waals surface area contributed by atoms with Gasteiger partial charge >= 0.3 is 6.18 Å². The maximum atomic E-state index is 13.9.